The van der Waals surface area contributed by atoms with Crippen molar-refractivity contribution in [3.8, 4) is 5.75 Å². The standard InChI is InChI=1S/C18H25N3O4/c19-17(20)13-4-6-15(7-5-13)25-12-2-1-3-16(22)21-10-8-14(9-11-21)18(23)24/h4-7,14H,1-3,8-12H2,(H3,19,20)(H,23,24). The lowest BCUT2D eigenvalue weighted by Crippen LogP contribution is -2.40. The molecule has 0 spiro atoms. The third-order valence-corrected chi connectivity index (χ3v) is 4.42. The van der Waals surface area contributed by atoms with Gasteiger partial charge in [0.05, 0.1) is 12.5 Å². The van der Waals surface area contributed by atoms with Gasteiger partial charge in [-0.25, -0.2) is 0 Å². The highest BCUT2D eigenvalue weighted by Crippen LogP contribution is 2.18. The molecule has 1 saturated heterocycles. The number of amides is 1. The first-order valence-electron chi connectivity index (χ1n) is 8.55. The van der Waals surface area contributed by atoms with Crippen LogP contribution in [0.3, 0.4) is 0 Å². The summed E-state index contributed by atoms with van der Waals surface area (Å²) in [5.41, 5.74) is 6.05. The van der Waals surface area contributed by atoms with E-state index >= 15 is 0 Å². The van der Waals surface area contributed by atoms with Gasteiger partial charge < -0.3 is 20.5 Å². The van der Waals surface area contributed by atoms with Crippen LogP contribution in [-0.2, 0) is 9.59 Å². The first-order valence-corrected chi connectivity index (χ1v) is 8.55. The summed E-state index contributed by atoms with van der Waals surface area (Å²) < 4.78 is 5.61. The van der Waals surface area contributed by atoms with E-state index in [1.54, 1.807) is 29.2 Å². The Balaban J connectivity index is 1.60. The zero-order chi connectivity index (χ0) is 18.2. The highest BCUT2D eigenvalue weighted by atomic mass is 16.5. The first-order chi connectivity index (χ1) is 12.0. The predicted octanol–water partition coefficient (Wildman–Crippen LogP) is 1.84. The van der Waals surface area contributed by atoms with Gasteiger partial charge in [0.15, 0.2) is 0 Å². The molecule has 0 saturated carbocycles. The molecule has 1 fully saturated rings. The van der Waals surface area contributed by atoms with E-state index in [4.69, 9.17) is 21.0 Å². The minimum absolute atomic E-state index is 0.0254. The zero-order valence-electron chi connectivity index (χ0n) is 14.2. The maximum atomic E-state index is 12.1. The number of carbonyl (C=O) groups excluding carboxylic acids is 1. The molecule has 1 heterocycles. The van der Waals surface area contributed by atoms with Gasteiger partial charge in [0, 0.05) is 25.1 Å². The predicted molar refractivity (Wildman–Crippen MR) is 93.7 cm³/mol. The van der Waals surface area contributed by atoms with E-state index in [1.807, 2.05) is 0 Å². The summed E-state index contributed by atoms with van der Waals surface area (Å²) >= 11 is 0. The van der Waals surface area contributed by atoms with Crippen LogP contribution in [0.25, 0.3) is 0 Å². The molecule has 1 aliphatic rings. The number of carbonyl (C=O) groups is 2. The van der Waals surface area contributed by atoms with Gasteiger partial charge in [0.1, 0.15) is 11.6 Å². The summed E-state index contributed by atoms with van der Waals surface area (Å²) in [5.74, 6) is -0.244. The monoisotopic (exact) mass is 347 g/mol. The van der Waals surface area contributed by atoms with Crippen LogP contribution in [0.5, 0.6) is 5.75 Å². The largest absolute Gasteiger partial charge is 0.494 e. The van der Waals surface area contributed by atoms with E-state index < -0.39 is 5.97 Å². The second-order valence-corrected chi connectivity index (χ2v) is 6.24. The number of piperidine rings is 1. The molecule has 7 heteroatoms. The second kappa shape index (κ2) is 9.05. The molecule has 4 N–H and O–H groups in total. The highest BCUT2D eigenvalue weighted by Gasteiger charge is 2.26. The summed E-state index contributed by atoms with van der Waals surface area (Å²) in [6.07, 6.45) is 3.06. The van der Waals surface area contributed by atoms with Gasteiger partial charge in [-0.05, 0) is 49.9 Å². The number of nitrogens with zero attached hydrogens (tertiary/aromatic N) is 1. The molecular formula is C18H25N3O4. The Morgan fingerprint density at radius 1 is 1.20 bits per heavy atom. The lowest BCUT2D eigenvalue weighted by atomic mass is 9.97. The van der Waals surface area contributed by atoms with Crippen molar-refractivity contribution in [2.45, 2.75) is 32.1 Å². The van der Waals surface area contributed by atoms with Crippen LogP contribution in [0.1, 0.15) is 37.7 Å². The van der Waals surface area contributed by atoms with E-state index in [0.717, 1.165) is 12.8 Å². The van der Waals surface area contributed by atoms with Crippen LogP contribution in [0, 0.1) is 11.3 Å². The topological polar surface area (TPSA) is 117 Å². The van der Waals surface area contributed by atoms with Crippen LogP contribution in [0.4, 0.5) is 0 Å². The third-order valence-electron chi connectivity index (χ3n) is 4.42. The van der Waals surface area contributed by atoms with E-state index in [2.05, 4.69) is 0 Å². The van der Waals surface area contributed by atoms with Crippen molar-refractivity contribution in [2.75, 3.05) is 19.7 Å². The molecule has 0 atom stereocenters. The summed E-state index contributed by atoms with van der Waals surface area (Å²) in [6.45, 7) is 1.59. The number of aliphatic carboxylic acids is 1. The number of unbranched alkanes of at least 4 members (excludes halogenated alkanes) is 1. The van der Waals surface area contributed by atoms with Crippen LogP contribution in [0.15, 0.2) is 24.3 Å². The average Bonchev–Trinajstić information content (AvgIpc) is 2.61. The summed E-state index contributed by atoms with van der Waals surface area (Å²) in [6, 6.07) is 7.02. The van der Waals surface area contributed by atoms with Gasteiger partial charge >= 0.3 is 5.97 Å². The Labute approximate surface area is 147 Å². The molecule has 0 unspecified atom stereocenters. The molecule has 1 aromatic rings. The first kappa shape index (κ1) is 18.8. The van der Waals surface area contributed by atoms with Gasteiger partial charge in [0.25, 0.3) is 0 Å². The number of benzene rings is 1. The Bertz CT molecular complexity index is 607. The Morgan fingerprint density at radius 2 is 1.84 bits per heavy atom. The quantitative estimate of drug-likeness (QED) is 0.377. The fraction of sp³-hybridized carbons (Fsp3) is 0.500. The summed E-state index contributed by atoms with van der Waals surface area (Å²) in [7, 11) is 0. The van der Waals surface area contributed by atoms with Crippen LogP contribution in [-0.4, -0.2) is 47.4 Å². The lowest BCUT2D eigenvalue weighted by molar-refractivity contribution is -0.145. The molecule has 7 nitrogen and oxygen atoms in total. The average molecular weight is 347 g/mol. The van der Waals surface area contributed by atoms with Gasteiger partial charge in [-0.2, -0.15) is 0 Å². The smallest absolute Gasteiger partial charge is 0.306 e. The summed E-state index contributed by atoms with van der Waals surface area (Å²) in [5, 5.41) is 16.3. The number of hydrogen-bond donors (Lipinski definition) is 3. The minimum atomic E-state index is -0.763. The molecule has 136 valence electrons. The van der Waals surface area contributed by atoms with Crippen LogP contribution in [0.2, 0.25) is 0 Å². The molecule has 1 aliphatic heterocycles. The van der Waals surface area contributed by atoms with Crippen LogP contribution >= 0.6 is 0 Å². The fourth-order valence-corrected chi connectivity index (χ4v) is 2.83. The minimum Gasteiger partial charge on any atom is -0.494 e. The van der Waals surface area contributed by atoms with Gasteiger partial charge in [-0.1, -0.05) is 0 Å². The number of nitrogens with one attached hydrogen (secondary N) is 1. The number of nitrogen functional groups attached to an aromatic ring is 1. The van der Waals surface area contributed by atoms with Crippen molar-refractivity contribution in [3.05, 3.63) is 29.8 Å². The number of amidine groups is 1. The Hall–Kier alpha value is -2.57. The van der Waals surface area contributed by atoms with Crippen molar-refractivity contribution < 1.29 is 19.4 Å². The molecule has 25 heavy (non-hydrogen) atoms. The van der Waals surface area contributed by atoms with Crippen molar-refractivity contribution in [2.24, 2.45) is 11.7 Å². The zero-order valence-corrected chi connectivity index (χ0v) is 14.2. The number of likely N-dealkylation sites (tertiary alicyclic amines) is 1. The van der Waals surface area contributed by atoms with E-state index in [0.29, 0.717) is 50.3 Å². The number of ether oxygens (including phenoxy) is 1. The SMILES string of the molecule is N=C(N)c1ccc(OCCCCC(=O)N2CCC(C(=O)O)CC2)cc1. The molecule has 0 radical (unpaired) electrons. The molecule has 0 aliphatic carbocycles. The van der Waals surface area contributed by atoms with Gasteiger partial charge in [0.2, 0.25) is 5.91 Å². The highest BCUT2D eigenvalue weighted by molar-refractivity contribution is 5.94. The number of carboxylic acids is 1. The number of hydrogen-bond acceptors (Lipinski definition) is 4. The summed E-state index contributed by atoms with van der Waals surface area (Å²) in [4.78, 5) is 24.8. The third kappa shape index (κ3) is 5.77. The normalized spacial score (nSPS) is 15.0. The molecule has 0 aromatic heterocycles. The lowest BCUT2D eigenvalue weighted by Gasteiger charge is -2.30. The van der Waals surface area contributed by atoms with E-state index in [9.17, 15) is 9.59 Å². The Kier molecular flexibility index (Phi) is 6.80. The number of nitrogens with two attached hydrogens (primary N) is 1. The maximum absolute atomic E-state index is 12.1. The van der Waals surface area contributed by atoms with Crippen molar-refractivity contribution in [1.29, 1.82) is 5.41 Å². The second-order valence-electron chi connectivity index (χ2n) is 6.24. The van der Waals surface area contributed by atoms with Crippen LogP contribution < -0.4 is 10.5 Å². The van der Waals surface area contributed by atoms with Crippen molar-refractivity contribution in [1.82, 2.24) is 4.90 Å². The fourth-order valence-electron chi connectivity index (χ4n) is 2.83. The molecular weight excluding hydrogens is 322 g/mol. The number of carboxylic acid groups (broad SMARTS) is 1. The van der Waals surface area contributed by atoms with Gasteiger partial charge in [-0.15, -0.1) is 0 Å². The molecule has 1 amide bonds. The van der Waals surface area contributed by atoms with E-state index in [1.165, 1.54) is 0 Å². The molecule has 1 aromatic carbocycles. The molecule has 2 rings (SSSR count). The Morgan fingerprint density at radius 3 is 2.40 bits per heavy atom. The number of rotatable bonds is 8. The van der Waals surface area contributed by atoms with E-state index in [-0.39, 0.29) is 17.7 Å². The van der Waals surface area contributed by atoms with Crippen molar-refractivity contribution in [3.63, 3.8) is 0 Å². The van der Waals surface area contributed by atoms with Gasteiger partial charge in [-0.3, -0.25) is 15.0 Å². The molecule has 0 bridgehead atoms. The van der Waals surface area contributed by atoms with Crippen molar-refractivity contribution >= 4 is 17.7 Å². The maximum Gasteiger partial charge on any atom is 0.306 e.